The molecule has 0 fully saturated rings. The second-order valence-electron chi connectivity index (χ2n) is 7.15. The third kappa shape index (κ3) is 6.05. The Hall–Kier alpha value is -2.37. The van der Waals surface area contributed by atoms with Crippen LogP contribution in [0.3, 0.4) is 0 Å². The van der Waals surface area contributed by atoms with Gasteiger partial charge in [-0.05, 0) is 43.5 Å². The summed E-state index contributed by atoms with van der Waals surface area (Å²) >= 11 is 0. The van der Waals surface area contributed by atoms with Crippen LogP contribution in [0.2, 0.25) is 0 Å². The lowest BCUT2D eigenvalue weighted by molar-refractivity contribution is -0.896. The number of nitrogens with one attached hydrogen (secondary N) is 1. The lowest BCUT2D eigenvalue weighted by Gasteiger charge is -2.27. The van der Waals surface area contributed by atoms with Crippen LogP contribution in [0.4, 0.5) is 0 Å². The first-order valence-electron chi connectivity index (χ1n) is 10.6. The van der Waals surface area contributed by atoms with Gasteiger partial charge in [-0.3, -0.25) is 0 Å². The average Bonchev–Trinajstić information content (AvgIpc) is 2.78. The fourth-order valence-corrected chi connectivity index (χ4v) is 3.29. The highest BCUT2D eigenvalue weighted by atomic mass is 16.5. The maximum absolute atomic E-state index is 13.0. The molecule has 1 atom stereocenters. The minimum atomic E-state index is -1.85. The highest BCUT2D eigenvalue weighted by Crippen LogP contribution is 2.32. The number of carbonyl (C=O) groups is 1. The van der Waals surface area contributed by atoms with E-state index in [0.29, 0.717) is 23.5 Å². The summed E-state index contributed by atoms with van der Waals surface area (Å²) in [4.78, 5) is 14.5. The van der Waals surface area contributed by atoms with Crippen molar-refractivity contribution >= 4 is 5.97 Å². The van der Waals surface area contributed by atoms with Gasteiger partial charge >= 0.3 is 5.97 Å². The normalized spacial score (nSPS) is 13.1. The molecule has 2 N–H and O–H groups in total. The van der Waals surface area contributed by atoms with Crippen LogP contribution in [0, 0.1) is 0 Å². The molecule has 0 aliphatic heterocycles. The van der Waals surface area contributed by atoms with Gasteiger partial charge in [0.2, 0.25) is 5.60 Å². The van der Waals surface area contributed by atoms with Crippen LogP contribution in [0.5, 0.6) is 5.75 Å². The Bertz CT molecular complexity index is 728. The standard InChI is InChI=1S/C24H33NO4/c1-4-18-28-22-15-13-21(14-16-22)24(27,20-11-8-7-9-12-20)23(26)29-19-10-17-25(5-2)6-3/h7-9,11-16,27H,4-6,10,17-19H2,1-3H3/p+1/t24-/m1/s1. The van der Waals surface area contributed by atoms with Crippen LogP contribution in [0.1, 0.15) is 44.7 Å². The predicted octanol–water partition coefficient (Wildman–Crippen LogP) is 2.57. The molecule has 2 aromatic rings. The molecular formula is C24H34NO4+. The van der Waals surface area contributed by atoms with Gasteiger partial charge in [0, 0.05) is 6.42 Å². The van der Waals surface area contributed by atoms with Crippen LogP contribution < -0.4 is 9.64 Å². The molecule has 158 valence electrons. The second kappa shape index (κ2) is 11.6. The van der Waals surface area contributed by atoms with Gasteiger partial charge in [-0.1, -0.05) is 49.4 Å². The summed E-state index contributed by atoms with van der Waals surface area (Å²) in [7, 11) is 0. The number of esters is 1. The number of carbonyl (C=O) groups excluding carboxylic acids is 1. The van der Waals surface area contributed by atoms with Crippen molar-refractivity contribution < 1.29 is 24.3 Å². The molecule has 0 heterocycles. The number of hydrogen-bond donors (Lipinski definition) is 2. The second-order valence-corrected chi connectivity index (χ2v) is 7.15. The van der Waals surface area contributed by atoms with E-state index in [1.807, 2.05) is 13.0 Å². The van der Waals surface area contributed by atoms with Gasteiger partial charge in [-0.2, -0.15) is 0 Å². The highest BCUT2D eigenvalue weighted by molar-refractivity contribution is 5.85. The zero-order chi connectivity index (χ0) is 21.1. The maximum atomic E-state index is 13.0. The van der Waals surface area contributed by atoms with E-state index >= 15 is 0 Å². The predicted molar refractivity (Wildman–Crippen MR) is 114 cm³/mol. The highest BCUT2D eigenvalue weighted by Gasteiger charge is 2.41. The summed E-state index contributed by atoms with van der Waals surface area (Å²) < 4.78 is 11.1. The van der Waals surface area contributed by atoms with E-state index in [9.17, 15) is 9.90 Å². The Morgan fingerprint density at radius 1 is 0.931 bits per heavy atom. The molecule has 29 heavy (non-hydrogen) atoms. The molecule has 0 spiro atoms. The largest absolute Gasteiger partial charge is 0.494 e. The summed E-state index contributed by atoms with van der Waals surface area (Å²) in [5.41, 5.74) is -0.902. The van der Waals surface area contributed by atoms with Crippen LogP contribution in [-0.4, -0.2) is 43.9 Å². The molecule has 0 saturated carbocycles. The third-order valence-corrected chi connectivity index (χ3v) is 5.14. The number of rotatable bonds is 12. The Morgan fingerprint density at radius 2 is 1.55 bits per heavy atom. The summed E-state index contributed by atoms with van der Waals surface area (Å²) in [6.07, 6.45) is 1.68. The van der Waals surface area contributed by atoms with E-state index in [4.69, 9.17) is 9.47 Å². The van der Waals surface area contributed by atoms with Crippen molar-refractivity contribution in [1.29, 1.82) is 0 Å². The number of hydrogen-bond acceptors (Lipinski definition) is 4. The number of quaternary nitrogens is 1. The first-order chi connectivity index (χ1) is 14.1. The Morgan fingerprint density at radius 3 is 2.14 bits per heavy atom. The van der Waals surface area contributed by atoms with Crippen molar-refractivity contribution in [1.82, 2.24) is 0 Å². The van der Waals surface area contributed by atoms with Crippen molar-refractivity contribution in [3.05, 3.63) is 65.7 Å². The van der Waals surface area contributed by atoms with Gasteiger partial charge in [0.1, 0.15) is 5.75 Å². The van der Waals surface area contributed by atoms with E-state index in [-0.39, 0.29) is 6.61 Å². The van der Waals surface area contributed by atoms with Crippen LogP contribution in [0.25, 0.3) is 0 Å². The van der Waals surface area contributed by atoms with Crippen LogP contribution in [-0.2, 0) is 15.1 Å². The van der Waals surface area contributed by atoms with Crippen LogP contribution in [0.15, 0.2) is 54.6 Å². The Kier molecular flexibility index (Phi) is 9.16. The molecule has 0 radical (unpaired) electrons. The molecule has 5 heteroatoms. The fraction of sp³-hybridized carbons (Fsp3) is 0.458. The molecule has 2 rings (SSSR count). The lowest BCUT2D eigenvalue weighted by Crippen LogP contribution is -3.11. The van der Waals surface area contributed by atoms with Gasteiger partial charge in [-0.15, -0.1) is 0 Å². The maximum Gasteiger partial charge on any atom is 0.347 e. The third-order valence-electron chi connectivity index (χ3n) is 5.14. The van der Waals surface area contributed by atoms with E-state index in [2.05, 4.69) is 13.8 Å². The van der Waals surface area contributed by atoms with Gasteiger partial charge in [0.15, 0.2) is 0 Å². The van der Waals surface area contributed by atoms with Crippen molar-refractivity contribution in [2.45, 2.75) is 39.2 Å². The first-order valence-corrected chi connectivity index (χ1v) is 10.6. The van der Waals surface area contributed by atoms with Gasteiger partial charge in [0.05, 0.1) is 32.8 Å². The summed E-state index contributed by atoms with van der Waals surface area (Å²) in [6, 6.07) is 15.9. The SMILES string of the molecule is CCCOc1ccc([C@@](O)(C(=O)OCCC[NH+](CC)CC)c2ccccc2)cc1. The number of aliphatic hydroxyl groups is 1. The minimum absolute atomic E-state index is 0.287. The Balaban J connectivity index is 2.17. The van der Waals surface area contributed by atoms with E-state index in [1.165, 1.54) is 4.90 Å². The first kappa shape index (κ1) is 22.9. The summed E-state index contributed by atoms with van der Waals surface area (Å²) in [5, 5.41) is 11.5. The smallest absolute Gasteiger partial charge is 0.347 e. The minimum Gasteiger partial charge on any atom is -0.494 e. The molecule has 0 saturated heterocycles. The monoisotopic (exact) mass is 400 g/mol. The molecule has 0 unspecified atom stereocenters. The topological polar surface area (TPSA) is 60.2 Å². The van der Waals surface area contributed by atoms with Crippen molar-refractivity contribution in [2.75, 3.05) is 32.8 Å². The van der Waals surface area contributed by atoms with E-state index < -0.39 is 11.6 Å². The van der Waals surface area contributed by atoms with Gasteiger partial charge in [0.25, 0.3) is 0 Å². The van der Waals surface area contributed by atoms with Gasteiger partial charge < -0.3 is 19.5 Å². The average molecular weight is 401 g/mol. The van der Waals surface area contributed by atoms with Gasteiger partial charge in [-0.25, -0.2) is 4.79 Å². The fourth-order valence-electron chi connectivity index (χ4n) is 3.29. The van der Waals surface area contributed by atoms with Crippen molar-refractivity contribution in [2.24, 2.45) is 0 Å². The molecule has 0 aliphatic rings. The summed E-state index contributed by atoms with van der Waals surface area (Å²) in [6.45, 7) is 10.3. The number of ether oxygens (including phenoxy) is 2. The molecular weight excluding hydrogens is 366 g/mol. The number of benzene rings is 2. The molecule has 0 aliphatic carbocycles. The van der Waals surface area contributed by atoms with E-state index in [0.717, 1.165) is 32.5 Å². The zero-order valence-electron chi connectivity index (χ0n) is 17.8. The molecule has 2 aromatic carbocycles. The van der Waals surface area contributed by atoms with Crippen LogP contribution >= 0.6 is 0 Å². The zero-order valence-corrected chi connectivity index (χ0v) is 17.8. The Labute approximate surface area is 174 Å². The van der Waals surface area contributed by atoms with Crippen molar-refractivity contribution in [3.8, 4) is 5.75 Å². The molecule has 5 nitrogen and oxygen atoms in total. The quantitative estimate of drug-likeness (QED) is 0.425. The summed E-state index contributed by atoms with van der Waals surface area (Å²) in [5.74, 6) is 0.0575. The lowest BCUT2D eigenvalue weighted by atomic mass is 9.86. The molecule has 0 bridgehead atoms. The molecule has 0 amide bonds. The molecule has 0 aromatic heterocycles. The van der Waals surface area contributed by atoms with Crippen molar-refractivity contribution in [3.63, 3.8) is 0 Å². The van der Waals surface area contributed by atoms with E-state index in [1.54, 1.807) is 48.5 Å².